The highest BCUT2D eigenvalue weighted by Gasteiger charge is 2.21. The third kappa shape index (κ3) is 4.26. The maximum absolute atomic E-state index is 12.4. The van der Waals surface area contributed by atoms with Crippen LogP contribution in [0.1, 0.15) is 34.1 Å². The van der Waals surface area contributed by atoms with Gasteiger partial charge in [0.15, 0.2) is 0 Å². The van der Waals surface area contributed by atoms with E-state index in [-0.39, 0.29) is 12.1 Å². The SMILES string of the molecule is CNc1cncc(C(=O)N[C@@H](CC(=O)O)c2ccccc2C)n1. The van der Waals surface area contributed by atoms with E-state index in [1.54, 1.807) is 13.1 Å². The van der Waals surface area contributed by atoms with Crippen molar-refractivity contribution in [2.75, 3.05) is 12.4 Å². The Morgan fingerprint density at radius 3 is 2.65 bits per heavy atom. The summed E-state index contributed by atoms with van der Waals surface area (Å²) in [5.74, 6) is -0.999. The van der Waals surface area contributed by atoms with Crippen LogP contribution in [-0.4, -0.2) is 34.0 Å². The molecule has 1 amide bonds. The van der Waals surface area contributed by atoms with E-state index in [1.165, 1.54) is 12.4 Å². The molecule has 0 aliphatic rings. The van der Waals surface area contributed by atoms with Gasteiger partial charge in [0.1, 0.15) is 11.5 Å². The van der Waals surface area contributed by atoms with Gasteiger partial charge in [-0.2, -0.15) is 0 Å². The summed E-state index contributed by atoms with van der Waals surface area (Å²) in [7, 11) is 1.67. The van der Waals surface area contributed by atoms with Crippen molar-refractivity contribution in [2.45, 2.75) is 19.4 Å². The molecule has 0 saturated carbocycles. The Morgan fingerprint density at radius 1 is 1.26 bits per heavy atom. The van der Waals surface area contributed by atoms with E-state index in [0.717, 1.165) is 11.1 Å². The zero-order valence-corrected chi connectivity index (χ0v) is 12.9. The predicted octanol–water partition coefficient (Wildman–Crippen LogP) is 1.77. The number of benzene rings is 1. The van der Waals surface area contributed by atoms with Crippen molar-refractivity contribution in [3.05, 3.63) is 53.5 Å². The number of hydrogen-bond donors (Lipinski definition) is 3. The maximum Gasteiger partial charge on any atom is 0.305 e. The Morgan fingerprint density at radius 2 is 2.00 bits per heavy atom. The first kappa shape index (κ1) is 16.4. The number of carboxylic acid groups (broad SMARTS) is 1. The van der Waals surface area contributed by atoms with Crippen LogP contribution < -0.4 is 10.6 Å². The Balaban J connectivity index is 2.25. The molecule has 1 aromatic heterocycles. The van der Waals surface area contributed by atoms with Gasteiger partial charge in [-0.15, -0.1) is 0 Å². The average molecular weight is 314 g/mol. The molecule has 0 spiro atoms. The van der Waals surface area contributed by atoms with Gasteiger partial charge in [-0.3, -0.25) is 14.6 Å². The van der Waals surface area contributed by atoms with Crippen molar-refractivity contribution >= 4 is 17.7 Å². The van der Waals surface area contributed by atoms with Gasteiger partial charge in [-0.05, 0) is 18.1 Å². The molecule has 7 nitrogen and oxygen atoms in total. The average Bonchev–Trinajstić information content (AvgIpc) is 2.54. The standard InChI is InChI=1S/C16H18N4O3/c1-10-5-3-4-6-11(10)12(7-15(21)22)20-16(23)13-8-18-9-14(17-2)19-13/h3-6,8-9,12H,7H2,1-2H3,(H,17,19)(H,20,23)(H,21,22)/t12-/m0/s1. The zero-order valence-electron chi connectivity index (χ0n) is 12.9. The number of carboxylic acids is 1. The van der Waals surface area contributed by atoms with Gasteiger partial charge in [0, 0.05) is 7.05 Å². The molecule has 1 atom stereocenters. The van der Waals surface area contributed by atoms with Crippen LogP contribution in [0.15, 0.2) is 36.7 Å². The summed E-state index contributed by atoms with van der Waals surface area (Å²) in [6.45, 7) is 1.87. The quantitative estimate of drug-likeness (QED) is 0.750. The summed E-state index contributed by atoms with van der Waals surface area (Å²) in [5, 5.41) is 14.6. The minimum Gasteiger partial charge on any atom is -0.481 e. The molecule has 0 aliphatic heterocycles. The number of rotatable bonds is 6. The van der Waals surface area contributed by atoms with E-state index in [9.17, 15) is 9.59 Å². The van der Waals surface area contributed by atoms with E-state index >= 15 is 0 Å². The van der Waals surface area contributed by atoms with Crippen LogP contribution in [-0.2, 0) is 4.79 Å². The molecule has 0 saturated heterocycles. The van der Waals surface area contributed by atoms with Crippen molar-refractivity contribution in [3.8, 4) is 0 Å². The molecule has 1 aromatic carbocycles. The van der Waals surface area contributed by atoms with Gasteiger partial charge in [-0.25, -0.2) is 4.98 Å². The molecule has 0 unspecified atom stereocenters. The van der Waals surface area contributed by atoms with Crippen LogP contribution in [0.5, 0.6) is 0 Å². The molecule has 2 rings (SSSR count). The molecule has 0 aliphatic carbocycles. The van der Waals surface area contributed by atoms with Gasteiger partial charge >= 0.3 is 5.97 Å². The fourth-order valence-electron chi connectivity index (χ4n) is 2.22. The summed E-state index contributed by atoms with van der Waals surface area (Å²) in [6.07, 6.45) is 2.62. The number of aryl methyl sites for hydroxylation is 1. The number of anilines is 1. The molecule has 23 heavy (non-hydrogen) atoms. The molecule has 7 heteroatoms. The van der Waals surface area contributed by atoms with Gasteiger partial charge < -0.3 is 15.7 Å². The predicted molar refractivity (Wildman–Crippen MR) is 85.2 cm³/mol. The highest BCUT2D eigenvalue weighted by molar-refractivity contribution is 5.92. The Hall–Kier alpha value is -2.96. The summed E-state index contributed by atoms with van der Waals surface area (Å²) >= 11 is 0. The molecular weight excluding hydrogens is 296 g/mol. The molecule has 0 fully saturated rings. The zero-order chi connectivity index (χ0) is 16.8. The Bertz CT molecular complexity index is 718. The molecule has 1 heterocycles. The Labute approximate surface area is 133 Å². The van der Waals surface area contributed by atoms with E-state index in [4.69, 9.17) is 5.11 Å². The van der Waals surface area contributed by atoms with Gasteiger partial charge in [0.2, 0.25) is 0 Å². The molecule has 2 aromatic rings. The largest absolute Gasteiger partial charge is 0.481 e. The number of hydrogen-bond acceptors (Lipinski definition) is 5. The third-order valence-electron chi connectivity index (χ3n) is 3.37. The second-order valence-corrected chi connectivity index (χ2v) is 5.02. The van der Waals surface area contributed by atoms with E-state index in [1.807, 2.05) is 25.1 Å². The number of aromatic nitrogens is 2. The second-order valence-electron chi connectivity index (χ2n) is 5.02. The molecule has 3 N–H and O–H groups in total. The van der Waals surface area contributed by atoms with Gasteiger partial charge in [0.05, 0.1) is 24.9 Å². The smallest absolute Gasteiger partial charge is 0.305 e. The maximum atomic E-state index is 12.4. The van der Waals surface area contributed by atoms with E-state index in [0.29, 0.717) is 5.82 Å². The molecular formula is C16H18N4O3. The fourth-order valence-corrected chi connectivity index (χ4v) is 2.22. The van der Waals surface area contributed by atoms with Crippen molar-refractivity contribution in [2.24, 2.45) is 0 Å². The number of carbonyl (C=O) groups excluding carboxylic acids is 1. The summed E-state index contributed by atoms with van der Waals surface area (Å²) in [6, 6.07) is 6.71. The van der Waals surface area contributed by atoms with Crippen LogP contribution in [0.2, 0.25) is 0 Å². The number of nitrogens with zero attached hydrogens (tertiary/aromatic N) is 2. The number of aliphatic carboxylic acids is 1. The van der Waals surface area contributed by atoms with Crippen LogP contribution in [0.3, 0.4) is 0 Å². The number of amides is 1. The van der Waals surface area contributed by atoms with Gasteiger partial charge in [-0.1, -0.05) is 24.3 Å². The highest BCUT2D eigenvalue weighted by atomic mass is 16.4. The van der Waals surface area contributed by atoms with Crippen LogP contribution in [0, 0.1) is 6.92 Å². The summed E-state index contributed by atoms with van der Waals surface area (Å²) in [5.41, 5.74) is 1.80. The Kier molecular flexibility index (Phi) is 5.24. The number of carbonyl (C=O) groups is 2. The van der Waals surface area contributed by atoms with Gasteiger partial charge in [0.25, 0.3) is 5.91 Å². The number of nitrogens with one attached hydrogen (secondary N) is 2. The first-order valence-corrected chi connectivity index (χ1v) is 7.09. The summed E-state index contributed by atoms with van der Waals surface area (Å²) < 4.78 is 0. The third-order valence-corrected chi connectivity index (χ3v) is 3.37. The molecule has 0 bridgehead atoms. The van der Waals surface area contributed by atoms with Crippen molar-refractivity contribution in [3.63, 3.8) is 0 Å². The minimum absolute atomic E-state index is 0.126. The first-order valence-electron chi connectivity index (χ1n) is 7.09. The normalized spacial score (nSPS) is 11.6. The lowest BCUT2D eigenvalue weighted by molar-refractivity contribution is -0.137. The van der Waals surface area contributed by atoms with Crippen molar-refractivity contribution in [1.82, 2.24) is 15.3 Å². The lowest BCUT2D eigenvalue weighted by Gasteiger charge is -2.19. The monoisotopic (exact) mass is 314 g/mol. The van der Waals surface area contributed by atoms with Crippen LogP contribution in [0.25, 0.3) is 0 Å². The highest BCUT2D eigenvalue weighted by Crippen LogP contribution is 2.21. The van der Waals surface area contributed by atoms with E-state index < -0.39 is 17.9 Å². The molecule has 120 valence electrons. The molecule has 0 radical (unpaired) electrons. The minimum atomic E-state index is -0.992. The van der Waals surface area contributed by atoms with Crippen molar-refractivity contribution < 1.29 is 14.7 Å². The first-order chi connectivity index (χ1) is 11.0. The van der Waals surface area contributed by atoms with Crippen LogP contribution in [0.4, 0.5) is 5.82 Å². The second kappa shape index (κ2) is 7.35. The lowest BCUT2D eigenvalue weighted by Crippen LogP contribution is -2.31. The van der Waals surface area contributed by atoms with Crippen molar-refractivity contribution in [1.29, 1.82) is 0 Å². The van der Waals surface area contributed by atoms with Crippen LogP contribution >= 0.6 is 0 Å². The fraction of sp³-hybridized carbons (Fsp3) is 0.250. The topological polar surface area (TPSA) is 104 Å². The van der Waals surface area contributed by atoms with E-state index in [2.05, 4.69) is 20.6 Å². The lowest BCUT2D eigenvalue weighted by atomic mass is 9.98. The summed E-state index contributed by atoms with van der Waals surface area (Å²) in [4.78, 5) is 31.5.